The van der Waals surface area contributed by atoms with Gasteiger partial charge in [-0.1, -0.05) is 59.7 Å². The molecule has 0 unspecified atom stereocenters. The summed E-state index contributed by atoms with van der Waals surface area (Å²) in [5.41, 5.74) is 4.11. The van der Waals surface area contributed by atoms with E-state index in [1.807, 2.05) is 62.4 Å². The molecule has 0 saturated heterocycles. The molecule has 2 amide bonds. The number of hydrogen-bond donors (Lipinski definition) is 2. The van der Waals surface area contributed by atoms with Crippen molar-refractivity contribution in [2.45, 2.75) is 33.5 Å². The number of thioether (sulfide) groups is 1. The first-order chi connectivity index (χ1) is 14.9. The molecule has 2 N–H and O–H groups in total. The summed E-state index contributed by atoms with van der Waals surface area (Å²) in [6, 6.07) is 15.4. The zero-order chi connectivity index (χ0) is 22.5. The average Bonchev–Trinajstić information content (AvgIpc) is 2.76. The molecule has 8 heteroatoms. The van der Waals surface area contributed by atoms with E-state index < -0.39 is 6.09 Å². The van der Waals surface area contributed by atoms with Gasteiger partial charge in [0.2, 0.25) is 5.91 Å². The predicted octanol–water partition coefficient (Wildman–Crippen LogP) is 4.11. The van der Waals surface area contributed by atoms with Gasteiger partial charge in [0, 0.05) is 25.3 Å². The van der Waals surface area contributed by atoms with Crippen LogP contribution in [0.5, 0.6) is 0 Å². The van der Waals surface area contributed by atoms with Crippen LogP contribution < -0.4 is 10.6 Å². The van der Waals surface area contributed by atoms with Crippen molar-refractivity contribution >= 4 is 29.1 Å². The van der Waals surface area contributed by atoms with Gasteiger partial charge in [-0.2, -0.15) is 0 Å². The average molecular weight is 445 g/mol. The molecule has 2 aromatic rings. The Bertz CT molecular complexity index is 853. The standard InChI is InChI=1S/C23H28N2O5S/c1-17-3-7-19(8-4-17)15-29-22(27)25-12-11-21(26)24-13-14-31-23(28)30-16-20-9-5-18(2)6-10-20/h3-10H,11-16H2,1-2H3,(H,24,26)(H,25,27). The molecule has 0 aromatic heterocycles. The number of amides is 2. The highest BCUT2D eigenvalue weighted by atomic mass is 32.2. The van der Waals surface area contributed by atoms with Crippen molar-refractivity contribution in [1.82, 2.24) is 10.6 Å². The lowest BCUT2D eigenvalue weighted by atomic mass is 10.2. The molecule has 166 valence electrons. The van der Waals surface area contributed by atoms with Crippen molar-refractivity contribution in [3.05, 3.63) is 70.8 Å². The third-order valence-electron chi connectivity index (χ3n) is 4.23. The number of rotatable bonds is 10. The molecule has 7 nitrogen and oxygen atoms in total. The molecule has 0 heterocycles. The smallest absolute Gasteiger partial charge is 0.407 e. The minimum absolute atomic E-state index is 0.127. The summed E-state index contributed by atoms with van der Waals surface area (Å²) in [5.74, 6) is 0.192. The third-order valence-corrected chi connectivity index (χ3v) is 5.00. The molecule has 31 heavy (non-hydrogen) atoms. The summed E-state index contributed by atoms with van der Waals surface area (Å²) in [6.07, 6.45) is -0.442. The molecular weight excluding hydrogens is 416 g/mol. The Morgan fingerprint density at radius 1 is 0.774 bits per heavy atom. The number of nitrogens with one attached hydrogen (secondary N) is 2. The second-order valence-corrected chi connectivity index (χ2v) is 7.99. The minimum Gasteiger partial charge on any atom is -0.453 e. The quantitative estimate of drug-likeness (QED) is 0.423. The Hall–Kier alpha value is -3.00. The topological polar surface area (TPSA) is 93.7 Å². The van der Waals surface area contributed by atoms with Crippen molar-refractivity contribution in [2.24, 2.45) is 0 Å². The van der Waals surface area contributed by atoms with Crippen molar-refractivity contribution < 1.29 is 23.9 Å². The number of alkyl carbamates (subject to hydrolysis) is 1. The van der Waals surface area contributed by atoms with Gasteiger partial charge in [-0.15, -0.1) is 0 Å². The summed E-state index contributed by atoms with van der Waals surface area (Å²) in [7, 11) is 0. The van der Waals surface area contributed by atoms with Crippen LogP contribution in [0.1, 0.15) is 28.7 Å². The van der Waals surface area contributed by atoms with Crippen LogP contribution in [0.3, 0.4) is 0 Å². The Morgan fingerprint density at radius 3 is 1.90 bits per heavy atom. The Balaban J connectivity index is 1.47. The Morgan fingerprint density at radius 2 is 1.32 bits per heavy atom. The summed E-state index contributed by atoms with van der Waals surface area (Å²) >= 11 is 1.01. The SMILES string of the molecule is Cc1ccc(COC(=O)NCCC(=O)NCCSC(=O)OCc2ccc(C)cc2)cc1. The summed E-state index contributed by atoms with van der Waals surface area (Å²) < 4.78 is 10.3. The predicted molar refractivity (Wildman–Crippen MR) is 121 cm³/mol. The van der Waals surface area contributed by atoms with E-state index in [1.165, 1.54) is 0 Å². The maximum absolute atomic E-state index is 11.8. The Labute approximate surface area is 186 Å². The summed E-state index contributed by atoms with van der Waals surface area (Å²) in [6.45, 7) is 4.89. The first-order valence-corrected chi connectivity index (χ1v) is 11.0. The lowest BCUT2D eigenvalue weighted by Gasteiger charge is -2.08. The van der Waals surface area contributed by atoms with Gasteiger partial charge in [-0.05, 0) is 36.7 Å². The van der Waals surface area contributed by atoms with E-state index in [0.29, 0.717) is 12.3 Å². The zero-order valence-corrected chi connectivity index (χ0v) is 18.6. The van der Waals surface area contributed by atoms with E-state index in [-0.39, 0.29) is 37.4 Å². The maximum atomic E-state index is 11.8. The fraction of sp³-hybridized carbons (Fsp3) is 0.348. The van der Waals surface area contributed by atoms with E-state index in [1.54, 1.807) is 0 Å². The van der Waals surface area contributed by atoms with E-state index in [0.717, 1.165) is 34.0 Å². The lowest BCUT2D eigenvalue weighted by molar-refractivity contribution is -0.120. The van der Waals surface area contributed by atoms with Crippen LogP contribution in [0.2, 0.25) is 0 Å². The highest BCUT2D eigenvalue weighted by Crippen LogP contribution is 2.09. The molecular formula is C23H28N2O5S. The second-order valence-electron chi connectivity index (χ2n) is 6.96. The summed E-state index contributed by atoms with van der Waals surface area (Å²) in [5, 5.41) is 4.85. The van der Waals surface area contributed by atoms with Crippen LogP contribution in [0.15, 0.2) is 48.5 Å². The normalized spacial score (nSPS) is 10.3. The van der Waals surface area contributed by atoms with Crippen molar-refractivity contribution in [2.75, 3.05) is 18.8 Å². The van der Waals surface area contributed by atoms with E-state index in [9.17, 15) is 14.4 Å². The number of carbonyl (C=O) groups is 3. The van der Waals surface area contributed by atoms with Crippen LogP contribution in [-0.2, 0) is 27.5 Å². The first kappa shape index (κ1) is 24.3. The van der Waals surface area contributed by atoms with Gasteiger partial charge in [0.25, 0.3) is 0 Å². The van der Waals surface area contributed by atoms with Crippen LogP contribution >= 0.6 is 11.8 Å². The highest BCUT2D eigenvalue weighted by molar-refractivity contribution is 8.13. The fourth-order valence-corrected chi connectivity index (χ4v) is 2.96. The van der Waals surface area contributed by atoms with Crippen molar-refractivity contribution in [3.63, 3.8) is 0 Å². The van der Waals surface area contributed by atoms with Crippen LogP contribution in [0.25, 0.3) is 0 Å². The monoisotopic (exact) mass is 444 g/mol. The van der Waals surface area contributed by atoms with Gasteiger partial charge in [0.1, 0.15) is 13.2 Å². The molecule has 0 bridgehead atoms. The number of ether oxygens (including phenoxy) is 2. The van der Waals surface area contributed by atoms with Gasteiger partial charge >= 0.3 is 11.4 Å². The molecule has 0 saturated carbocycles. The van der Waals surface area contributed by atoms with E-state index in [4.69, 9.17) is 9.47 Å². The van der Waals surface area contributed by atoms with Gasteiger partial charge in [0.15, 0.2) is 0 Å². The highest BCUT2D eigenvalue weighted by Gasteiger charge is 2.07. The van der Waals surface area contributed by atoms with Gasteiger partial charge in [-0.25, -0.2) is 9.59 Å². The van der Waals surface area contributed by atoms with Gasteiger partial charge in [0.05, 0.1) is 0 Å². The van der Waals surface area contributed by atoms with Gasteiger partial charge < -0.3 is 20.1 Å². The third kappa shape index (κ3) is 10.5. The molecule has 2 rings (SSSR count). The molecule has 0 atom stereocenters. The van der Waals surface area contributed by atoms with Crippen molar-refractivity contribution in [3.8, 4) is 0 Å². The molecule has 0 spiro atoms. The number of hydrogen-bond acceptors (Lipinski definition) is 6. The van der Waals surface area contributed by atoms with Crippen molar-refractivity contribution in [1.29, 1.82) is 0 Å². The molecule has 0 aliphatic rings. The van der Waals surface area contributed by atoms with Crippen LogP contribution in [0.4, 0.5) is 9.59 Å². The second kappa shape index (κ2) is 13.3. The number of benzene rings is 2. The maximum Gasteiger partial charge on any atom is 0.407 e. The zero-order valence-electron chi connectivity index (χ0n) is 17.8. The molecule has 0 aliphatic carbocycles. The minimum atomic E-state index is -0.569. The van der Waals surface area contributed by atoms with E-state index >= 15 is 0 Å². The number of carbonyl (C=O) groups excluding carboxylic acids is 3. The fourth-order valence-electron chi connectivity index (χ4n) is 2.44. The van der Waals surface area contributed by atoms with Gasteiger partial charge in [-0.3, -0.25) is 4.79 Å². The van der Waals surface area contributed by atoms with Crippen LogP contribution in [-0.4, -0.2) is 36.1 Å². The number of aryl methyl sites for hydroxylation is 2. The largest absolute Gasteiger partial charge is 0.453 e. The van der Waals surface area contributed by atoms with E-state index in [2.05, 4.69) is 10.6 Å². The molecule has 2 aromatic carbocycles. The molecule has 0 radical (unpaired) electrons. The first-order valence-electron chi connectivity index (χ1n) is 10.0. The molecule has 0 fully saturated rings. The van der Waals surface area contributed by atoms with Crippen LogP contribution in [0, 0.1) is 13.8 Å². The molecule has 0 aliphatic heterocycles. The Kier molecular flexibility index (Phi) is 10.4. The summed E-state index contributed by atoms with van der Waals surface area (Å²) in [4.78, 5) is 35.2. The lowest BCUT2D eigenvalue weighted by Crippen LogP contribution is -2.32.